The molecule has 0 aliphatic rings. The molecule has 21 heavy (non-hydrogen) atoms. The molecule has 0 radical (unpaired) electrons. The molecule has 1 heterocycles. The molecule has 0 spiro atoms. The Balaban J connectivity index is 2.42. The van der Waals surface area contributed by atoms with Crippen LogP contribution in [0.1, 0.15) is 0 Å². The molecule has 0 bridgehead atoms. The highest BCUT2D eigenvalue weighted by atomic mass is 35.5. The van der Waals surface area contributed by atoms with Crippen molar-refractivity contribution >= 4 is 44.6 Å². The lowest BCUT2D eigenvalue weighted by Gasteiger charge is -2.11. The van der Waals surface area contributed by atoms with E-state index in [1.54, 1.807) is 0 Å². The summed E-state index contributed by atoms with van der Waals surface area (Å²) in [6, 6.07) is 5.14. The minimum absolute atomic E-state index is 0.0000227. The molecule has 6 nitrogen and oxygen atoms in total. The molecule has 0 fully saturated rings. The minimum Gasteiger partial charge on any atom is -0.321 e. The van der Waals surface area contributed by atoms with Gasteiger partial charge in [-0.1, -0.05) is 23.2 Å². The smallest absolute Gasteiger partial charge is 0.281 e. The van der Waals surface area contributed by atoms with Gasteiger partial charge in [-0.05, 0) is 24.3 Å². The standard InChI is InChI=1S/C11H9Cl2FN4O2S/c12-7-4-6(5-8(13)10(7)14)18-21(19,20)11-9(17-15)2-1-3-16-11/h1-5,17-18H,15H2. The van der Waals surface area contributed by atoms with E-state index in [9.17, 15) is 12.8 Å². The van der Waals surface area contributed by atoms with Gasteiger partial charge in [-0.15, -0.1) is 0 Å². The Morgan fingerprint density at radius 1 is 1.24 bits per heavy atom. The number of nitrogen functional groups attached to an aromatic ring is 1. The number of hydrogen-bond donors (Lipinski definition) is 3. The van der Waals surface area contributed by atoms with Crippen molar-refractivity contribution in [2.24, 2.45) is 5.84 Å². The van der Waals surface area contributed by atoms with Crippen LogP contribution in [0, 0.1) is 5.82 Å². The van der Waals surface area contributed by atoms with Crippen molar-refractivity contribution in [3.63, 3.8) is 0 Å². The third-order valence-corrected chi connectivity index (χ3v) is 4.31. The molecule has 0 saturated carbocycles. The number of aromatic nitrogens is 1. The van der Waals surface area contributed by atoms with Gasteiger partial charge in [0, 0.05) is 6.20 Å². The normalized spacial score (nSPS) is 11.2. The Bertz CT molecular complexity index is 763. The minimum atomic E-state index is -4.05. The molecule has 0 saturated heterocycles. The van der Waals surface area contributed by atoms with Gasteiger partial charge in [0.15, 0.2) is 5.82 Å². The van der Waals surface area contributed by atoms with Crippen molar-refractivity contribution < 1.29 is 12.8 Å². The molecule has 112 valence electrons. The average Bonchev–Trinajstić information content (AvgIpc) is 2.44. The summed E-state index contributed by atoms with van der Waals surface area (Å²) in [7, 11) is -4.05. The van der Waals surface area contributed by atoms with Crippen molar-refractivity contribution in [2.75, 3.05) is 10.1 Å². The van der Waals surface area contributed by atoms with Crippen LogP contribution in [0.5, 0.6) is 0 Å². The molecule has 2 aromatic rings. The first-order chi connectivity index (χ1) is 9.85. The fourth-order valence-corrected chi connectivity index (χ4v) is 3.16. The summed E-state index contributed by atoms with van der Waals surface area (Å²) < 4.78 is 40.0. The summed E-state index contributed by atoms with van der Waals surface area (Å²) in [5, 5.41) is -0.930. The molecule has 4 N–H and O–H groups in total. The molecule has 0 aliphatic carbocycles. The van der Waals surface area contributed by atoms with Crippen molar-refractivity contribution in [1.29, 1.82) is 0 Å². The largest absolute Gasteiger partial charge is 0.321 e. The van der Waals surface area contributed by atoms with E-state index in [4.69, 9.17) is 29.0 Å². The van der Waals surface area contributed by atoms with Gasteiger partial charge < -0.3 is 5.43 Å². The van der Waals surface area contributed by atoms with Crippen LogP contribution >= 0.6 is 23.2 Å². The fraction of sp³-hybridized carbons (Fsp3) is 0. The fourth-order valence-electron chi connectivity index (χ4n) is 1.53. The summed E-state index contributed by atoms with van der Waals surface area (Å²) in [5.74, 6) is 4.40. The van der Waals surface area contributed by atoms with E-state index in [1.807, 2.05) is 0 Å². The number of rotatable bonds is 4. The number of hydrogen-bond acceptors (Lipinski definition) is 5. The molecule has 0 amide bonds. The SMILES string of the molecule is NNc1cccnc1S(=O)(=O)Nc1cc(Cl)c(F)c(Cl)c1. The molecule has 0 aliphatic heterocycles. The third kappa shape index (κ3) is 3.35. The van der Waals surface area contributed by atoms with Crippen molar-refractivity contribution in [2.45, 2.75) is 5.03 Å². The Hall–Kier alpha value is -1.61. The number of nitrogens with one attached hydrogen (secondary N) is 2. The van der Waals surface area contributed by atoms with E-state index in [1.165, 1.54) is 18.3 Å². The van der Waals surface area contributed by atoms with E-state index < -0.39 is 15.8 Å². The quantitative estimate of drug-likeness (QED) is 0.447. The Morgan fingerprint density at radius 2 is 1.86 bits per heavy atom. The number of anilines is 2. The second-order valence-corrected chi connectivity index (χ2v) is 6.27. The number of pyridine rings is 1. The second kappa shape index (κ2) is 6.02. The Kier molecular flexibility index (Phi) is 4.52. The lowest BCUT2D eigenvalue weighted by Crippen LogP contribution is -2.19. The number of halogens is 3. The van der Waals surface area contributed by atoms with Gasteiger partial charge in [0.2, 0.25) is 5.03 Å². The van der Waals surface area contributed by atoms with E-state index >= 15 is 0 Å². The highest BCUT2D eigenvalue weighted by Gasteiger charge is 2.21. The first kappa shape index (κ1) is 15.8. The van der Waals surface area contributed by atoms with Crippen molar-refractivity contribution in [1.82, 2.24) is 4.98 Å². The van der Waals surface area contributed by atoms with Gasteiger partial charge in [-0.2, -0.15) is 8.42 Å². The maximum Gasteiger partial charge on any atom is 0.281 e. The van der Waals surface area contributed by atoms with Gasteiger partial charge >= 0.3 is 0 Å². The first-order valence-corrected chi connectivity index (χ1v) is 7.68. The number of hydrazine groups is 1. The zero-order valence-corrected chi connectivity index (χ0v) is 12.6. The first-order valence-electron chi connectivity index (χ1n) is 5.44. The highest BCUT2D eigenvalue weighted by Crippen LogP contribution is 2.29. The average molecular weight is 351 g/mol. The molecular formula is C11H9Cl2FN4O2S. The van der Waals surface area contributed by atoms with Crippen LogP contribution in [0.4, 0.5) is 15.8 Å². The molecular weight excluding hydrogens is 342 g/mol. The van der Waals surface area contributed by atoms with Crippen molar-refractivity contribution in [3.8, 4) is 0 Å². The highest BCUT2D eigenvalue weighted by molar-refractivity contribution is 7.92. The maximum atomic E-state index is 13.3. The number of nitrogens with zero attached hydrogens (tertiary/aromatic N) is 1. The van der Waals surface area contributed by atoms with Crippen LogP contribution in [0.15, 0.2) is 35.5 Å². The summed E-state index contributed by atoms with van der Waals surface area (Å²) in [5.41, 5.74) is 2.33. The van der Waals surface area contributed by atoms with E-state index in [-0.39, 0.29) is 26.4 Å². The van der Waals surface area contributed by atoms with Crippen LogP contribution in [-0.4, -0.2) is 13.4 Å². The number of nitrogens with two attached hydrogens (primary N) is 1. The molecule has 1 aromatic carbocycles. The van der Waals surface area contributed by atoms with E-state index in [0.29, 0.717) is 0 Å². The van der Waals surface area contributed by atoms with Gasteiger partial charge in [-0.3, -0.25) is 10.6 Å². The predicted octanol–water partition coefficient (Wildman–Crippen LogP) is 2.61. The molecule has 0 unspecified atom stereocenters. The summed E-state index contributed by atoms with van der Waals surface area (Å²) in [6.45, 7) is 0. The molecule has 1 aromatic heterocycles. The number of benzene rings is 1. The lowest BCUT2D eigenvalue weighted by atomic mass is 10.3. The van der Waals surface area contributed by atoms with Crippen LogP contribution < -0.4 is 16.0 Å². The van der Waals surface area contributed by atoms with Crippen LogP contribution in [0.3, 0.4) is 0 Å². The number of sulfonamides is 1. The lowest BCUT2D eigenvalue weighted by molar-refractivity contribution is 0.597. The van der Waals surface area contributed by atoms with Gasteiger partial charge in [0.05, 0.1) is 21.4 Å². The molecule has 10 heteroatoms. The summed E-state index contributed by atoms with van der Waals surface area (Å²) in [6.07, 6.45) is 1.29. The second-order valence-electron chi connectivity index (χ2n) is 3.86. The third-order valence-electron chi connectivity index (χ3n) is 2.42. The zero-order chi connectivity index (χ0) is 15.6. The zero-order valence-electron chi connectivity index (χ0n) is 10.3. The van der Waals surface area contributed by atoms with Crippen LogP contribution in [0.25, 0.3) is 0 Å². The van der Waals surface area contributed by atoms with Crippen LogP contribution in [-0.2, 0) is 10.0 Å². The maximum absolute atomic E-state index is 13.3. The Morgan fingerprint density at radius 3 is 2.43 bits per heavy atom. The molecule has 2 rings (SSSR count). The topological polar surface area (TPSA) is 97.1 Å². The summed E-state index contributed by atoms with van der Waals surface area (Å²) in [4.78, 5) is 3.75. The predicted molar refractivity (Wildman–Crippen MR) is 79.3 cm³/mol. The van der Waals surface area contributed by atoms with E-state index in [2.05, 4.69) is 15.1 Å². The van der Waals surface area contributed by atoms with Crippen LogP contribution in [0.2, 0.25) is 10.0 Å². The van der Waals surface area contributed by atoms with Crippen molar-refractivity contribution in [3.05, 3.63) is 46.3 Å². The van der Waals surface area contributed by atoms with Gasteiger partial charge in [0.1, 0.15) is 0 Å². The molecule has 0 atom stereocenters. The van der Waals surface area contributed by atoms with E-state index in [0.717, 1.165) is 12.1 Å². The van der Waals surface area contributed by atoms with Gasteiger partial charge in [0.25, 0.3) is 10.0 Å². The summed E-state index contributed by atoms with van der Waals surface area (Å²) >= 11 is 11.2. The van der Waals surface area contributed by atoms with Gasteiger partial charge in [-0.25, -0.2) is 9.37 Å². The monoisotopic (exact) mass is 350 g/mol. The Labute approximate surface area is 130 Å².